The van der Waals surface area contributed by atoms with Gasteiger partial charge in [-0.3, -0.25) is 0 Å². The molecule has 1 fully saturated rings. The minimum absolute atomic E-state index is 0. The van der Waals surface area contributed by atoms with Crippen molar-refractivity contribution in [2.75, 3.05) is 6.54 Å². The van der Waals surface area contributed by atoms with Crippen molar-refractivity contribution in [1.29, 1.82) is 0 Å². The topological polar surface area (TPSA) is 61.9 Å². The Morgan fingerprint density at radius 1 is 1.43 bits per heavy atom. The van der Waals surface area contributed by atoms with Crippen molar-refractivity contribution in [1.82, 2.24) is 5.01 Å². The van der Waals surface area contributed by atoms with Crippen molar-refractivity contribution in [3.8, 4) is 0 Å². The molecular weight excluding hydrogens is 193 g/mol. The number of hydrazine groups is 1. The number of hydrogen-bond acceptors (Lipinski definition) is 2. The third-order valence-corrected chi connectivity index (χ3v) is 2.62. The zero-order chi connectivity index (χ0) is 9.68. The van der Waals surface area contributed by atoms with Gasteiger partial charge in [0.1, 0.15) is 0 Å². The normalized spacial score (nSPS) is 18.8. The summed E-state index contributed by atoms with van der Waals surface area (Å²) in [6, 6.07) is 0.257. The fraction of sp³-hybridized carbons (Fsp3) is 1.00. The van der Waals surface area contributed by atoms with Crippen molar-refractivity contribution in [3.05, 3.63) is 5.21 Å². The van der Waals surface area contributed by atoms with Gasteiger partial charge in [-0.25, -0.2) is 0 Å². The second-order valence-corrected chi connectivity index (χ2v) is 3.39. The molecule has 1 saturated carbocycles. The van der Waals surface area contributed by atoms with E-state index in [1.54, 1.807) is 5.01 Å². The Bertz CT molecular complexity index is 183. The molecule has 0 aromatic carbocycles. The molecule has 0 aliphatic heterocycles. The van der Waals surface area contributed by atoms with Gasteiger partial charge in [-0.05, 0) is 19.8 Å². The first-order valence-corrected chi connectivity index (χ1v) is 4.88. The molecule has 1 aliphatic carbocycles. The number of nitrogens with zero attached hydrogens (tertiary/aromatic N) is 3. The molecule has 1 N–H and O–H groups in total. The number of hydrogen-bond donors (Lipinski definition) is 1. The van der Waals surface area contributed by atoms with Gasteiger partial charge in [-0.15, -0.1) is 5.01 Å². The fourth-order valence-corrected chi connectivity index (χ4v) is 1.95. The van der Waals surface area contributed by atoms with Crippen molar-refractivity contribution in [2.24, 2.45) is 5.28 Å². The van der Waals surface area contributed by atoms with Gasteiger partial charge in [0.05, 0.1) is 17.6 Å². The summed E-state index contributed by atoms with van der Waals surface area (Å²) >= 11 is 0. The van der Waals surface area contributed by atoms with Gasteiger partial charge in [0.2, 0.25) is 5.28 Å². The molecular formula is C8H18N3NaO2. The Hall–Kier alpha value is 0. The Kier molecular flexibility index (Phi) is 7.31. The van der Waals surface area contributed by atoms with E-state index in [0.29, 0.717) is 11.5 Å². The minimum atomic E-state index is 0. The van der Waals surface area contributed by atoms with Crippen LogP contribution in [-0.4, -0.2) is 57.3 Å². The van der Waals surface area contributed by atoms with E-state index in [1.165, 1.54) is 19.3 Å². The summed E-state index contributed by atoms with van der Waals surface area (Å²) in [4.78, 5) is 0.302. The maximum absolute atomic E-state index is 11.1. The molecule has 0 radical (unpaired) electrons. The zero-order valence-corrected chi connectivity index (χ0v) is 8.02. The van der Waals surface area contributed by atoms with Gasteiger partial charge in [0.15, 0.2) is 0 Å². The van der Waals surface area contributed by atoms with Gasteiger partial charge >= 0.3 is 29.6 Å². The average Bonchev–Trinajstić information content (AvgIpc) is 2.20. The Labute approximate surface area is 107 Å². The molecule has 0 heterocycles. The molecule has 0 saturated heterocycles. The SMILES string of the molecule is CCN(C1CCCCC1)[N+]([O-])=NO.[NaH]. The molecule has 0 amide bonds. The Morgan fingerprint density at radius 2 is 2.00 bits per heavy atom. The van der Waals surface area contributed by atoms with Crippen LogP contribution in [0, 0.1) is 5.21 Å². The molecule has 6 heteroatoms. The van der Waals surface area contributed by atoms with E-state index >= 15 is 0 Å². The van der Waals surface area contributed by atoms with Crippen molar-refractivity contribution in [2.45, 2.75) is 45.1 Å². The average molecular weight is 211 g/mol. The van der Waals surface area contributed by atoms with Crippen LogP contribution >= 0.6 is 0 Å². The molecule has 0 aromatic rings. The van der Waals surface area contributed by atoms with E-state index < -0.39 is 0 Å². The van der Waals surface area contributed by atoms with Gasteiger partial charge in [0.25, 0.3) is 0 Å². The summed E-state index contributed by atoms with van der Waals surface area (Å²) in [6.07, 6.45) is 5.65. The molecule has 0 aromatic heterocycles. The van der Waals surface area contributed by atoms with Gasteiger partial charge < -0.3 is 10.4 Å². The van der Waals surface area contributed by atoms with Crippen molar-refractivity contribution < 1.29 is 10.2 Å². The summed E-state index contributed by atoms with van der Waals surface area (Å²) in [5.74, 6) is 0. The van der Waals surface area contributed by atoms with Crippen molar-refractivity contribution >= 4 is 29.6 Å². The first-order valence-electron chi connectivity index (χ1n) is 4.88. The maximum atomic E-state index is 11.1. The summed E-state index contributed by atoms with van der Waals surface area (Å²) in [7, 11) is 0. The van der Waals surface area contributed by atoms with Crippen LogP contribution in [0.1, 0.15) is 39.0 Å². The molecule has 0 spiro atoms. The predicted octanol–water partition coefficient (Wildman–Crippen LogP) is 1.26. The first kappa shape index (κ1) is 14.0. The third-order valence-electron chi connectivity index (χ3n) is 2.62. The third kappa shape index (κ3) is 3.63. The molecule has 0 unspecified atom stereocenters. The van der Waals surface area contributed by atoms with Crippen LogP contribution in [0.15, 0.2) is 5.28 Å². The van der Waals surface area contributed by atoms with Crippen LogP contribution in [-0.2, 0) is 0 Å². The molecule has 0 bridgehead atoms. The van der Waals surface area contributed by atoms with Crippen LogP contribution < -0.4 is 0 Å². The van der Waals surface area contributed by atoms with E-state index in [4.69, 9.17) is 5.21 Å². The van der Waals surface area contributed by atoms with E-state index in [9.17, 15) is 5.21 Å². The van der Waals surface area contributed by atoms with Gasteiger partial charge in [-0.2, -0.15) is 0 Å². The second kappa shape index (κ2) is 7.31. The number of rotatable bonds is 3. The molecule has 0 atom stereocenters. The first-order chi connectivity index (χ1) is 6.29. The van der Waals surface area contributed by atoms with Crippen LogP contribution in [0.4, 0.5) is 0 Å². The molecule has 78 valence electrons. The quantitative estimate of drug-likeness (QED) is 0.331. The van der Waals surface area contributed by atoms with Gasteiger partial charge in [0, 0.05) is 0 Å². The summed E-state index contributed by atoms with van der Waals surface area (Å²) in [5.41, 5.74) is 0. The van der Waals surface area contributed by atoms with Crippen LogP contribution in [0.2, 0.25) is 0 Å². The van der Waals surface area contributed by atoms with Crippen molar-refractivity contribution in [3.63, 3.8) is 0 Å². The summed E-state index contributed by atoms with van der Waals surface area (Å²) in [5, 5.41) is 23.6. The summed E-state index contributed by atoms with van der Waals surface area (Å²) in [6.45, 7) is 2.49. The van der Waals surface area contributed by atoms with E-state index in [-0.39, 0.29) is 35.6 Å². The second-order valence-electron chi connectivity index (χ2n) is 3.39. The van der Waals surface area contributed by atoms with E-state index in [0.717, 1.165) is 12.8 Å². The molecule has 1 aliphatic rings. The molecule has 5 nitrogen and oxygen atoms in total. The molecule has 1 rings (SSSR count). The monoisotopic (exact) mass is 211 g/mol. The van der Waals surface area contributed by atoms with E-state index in [1.807, 2.05) is 6.92 Å². The summed E-state index contributed by atoms with van der Waals surface area (Å²) < 4.78 is 0. The van der Waals surface area contributed by atoms with Crippen LogP contribution in [0.25, 0.3) is 0 Å². The van der Waals surface area contributed by atoms with Gasteiger partial charge in [-0.1, -0.05) is 19.3 Å². The zero-order valence-electron chi connectivity index (χ0n) is 8.02. The van der Waals surface area contributed by atoms with Crippen LogP contribution in [0.3, 0.4) is 0 Å². The molecule has 14 heavy (non-hydrogen) atoms. The predicted molar refractivity (Wildman–Crippen MR) is 54.2 cm³/mol. The van der Waals surface area contributed by atoms with E-state index in [2.05, 4.69) is 5.28 Å². The fourth-order valence-electron chi connectivity index (χ4n) is 1.95. The standard InChI is InChI=1S/C8H17N3O2.Na.H/c1-2-10(11(13)9-12)8-6-4-3-5-7-8;;/h8,12H,2-7H2,1H3;;. The Balaban J connectivity index is 0.00000169. The van der Waals surface area contributed by atoms with Crippen LogP contribution in [0.5, 0.6) is 0 Å². The Morgan fingerprint density at radius 3 is 2.43 bits per heavy atom.